The van der Waals surface area contributed by atoms with E-state index in [1.165, 1.54) is 18.2 Å². The molecule has 0 aliphatic carbocycles. The summed E-state index contributed by atoms with van der Waals surface area (Å²) in [4.78, 5) is 11.0. The molecule has 2 N–H and O–H groups in total. The fraction of sp³-hybridized carbons (Fsp3) is 0.250. The van der Waals surface area contributed by atoms with Crippen molar-refractivity contribution < 1.29 is 14.6 Å². The van der Waals surface area contributed by atoms with Crippen molar-refractivity contribution in [3.63, 3.8) is 0 Å². The third kappa shape index (κ3) is 2.41. The Bertz CT molecular complexity index is 528. The molecule has 0 bridgehead atoms. The van der Waals surface area contributed by atoms with Crippen molar-refractivity contribution >= 4 is 11.0 Å². The summed E-state index contributed by atoms with van der Waals surface area (Å²) < 4.78 is 4.86. The van der Waals surface area contributed by atoms with E-state index in [0.717, 1.165) is 0 Å². The molecule has 0 saturated carbocycles. The Balaban J connectivity index is 0.000000606. The summed E-state index contributed by atoms with van der Waals surface area (Å²) >= 11 is 0. The second-order valence-corrected chi connectivity index (χ2v) is 2.93. The van der Waals surface area contributed by atoms with E-state index in [2.05, 4.69) is 0 Å². The van der Waals surface area contributed by atoms with E-state index in [1.54, 1.807) is 6.07 Å². The van der Waals surface area contributed by atoms with Crippen molar-refractivity contribution in [1.82, 2.24) is 0 Å². The predicted octanol–water partition coefficient (Wildman–Crippen LogP) is 2.02. The molecule has 4 nitrogen and oxygen atoms in total. The van der Waals surface area contributed by atoms with Gasteiger partial charge in [-0.2, -0.15) is 0 Å². The number of benzene rings is 1. The summed E-state index contributed by atoms with van der Waals surface area (Å²) in [6, 6.07) is 5.65. The molecule has 1 aromatic carbocycles. The Morgan fingerprint density at radius 1 is 1.25 bits per heavy atom. The Morgan fingerprint density at radius 3 is 2.56 bits per heavy atom. The number of hydrogen-bond acceptors (Lipinski definition) is 4. The standard InChI is InChI=1S/C10H8O4.C2H6/c11-5-6-3-10(13)14-9-4-7(12)1-2-8(6)9;1-2/h1-4,11-12H,5H2;1-2H3. The molecular weight excluding hydrogens is 208 g/mol. The second kappa shape index (κ2) is 5.32. The molecule has 2 rings (SSSR count). The van der Waals surface area contributed by atoms with E-state index in [9.17, 15) is 4.79 Å². The largest absolute Gasteiger partial charge is 0.508 e. The molecule has 0 fully saturated rings. The van der Waals surface area contributed by atoms with E-state index < -0.39 is 5.63 Å². The Kier molecular flexibility index (Phi) is 4.08. The van der Waals surface area contributed by atoms with Crippen LogP contribution in [-0.2, 0) is 6.61 Å². The van der Waals surface area contributed by atoms with Gasteiger partial charge < -0.3 is 14.6 Å². The van der Waals surface area contributed by atoms with Gasteiger partial charge in [-0.15, -0.1) is 0 Å². The van der Waals surface area contributed by atoms with E-state index in [-0.39, 0.29) is 17.9 Å². The highest BCUT2D eigenvalue weighted by atomic mass is 16.4. The third-order valence-electron chi connectivity index (χ3n) is 1.98. The number of rotatable bonds is 1. The van der Waals surface area contributed by atoms with E-state index in [4.69, 9.17) is 14.6 Å². The number of aliphatic hydroxyl groups excluding tert-OH is 1. The minimum Gasteiger partial charge on any atom is -0.508 e. The van der Waals surface area contributed by atoms with Gasteiger partial charge in [-0.25, -0.2) is 4.79 Å². The van der Waals surface area contributed by atoms with Gasteiger partial charge in [-0.05, 0) is 17.7 Å². The van der Waals surface area contributed by atoms with Gasteiger partial charge in [-0.3, -0.25) is 0 Å². The molecule has 0 aliphatic heterocycles. The van der Waals surface area contributed by atoms with Crippen LogP contribution in [0.5, 0.6) is 5.75 Å². The van der Waals surface area contributed by atoms with Crippen molar-refractivity contribution in [3.8, 4) is 5.75 Å². The van der Waals surface area contributed by atoms with Gasteiger partial charge in [0.25, 0.3) is 0 Å². The van der Waals surface area contributed by atoms with Crippen LogP contribution in [-0.4, -0.2) is 10.2 Å². The van der Waals surface area contributed by atoms with Gasteiger partial charge in [0.1, 0.15) is 11.3 Å². The van der Waals surface area contributed by atoms with Crippen molar-refractivity contribution in [2.75, 3.05) is 0 Å². The molecule has 0 radical (unpaired) electrons. The molecule has 0 aliphatic rings. The Morgan fingerprint density at radius 2 is 1.94 bits per heavy atom. The minimum atomic E-state index is -0.535. The lowest BCUT2D eigenvalue weighted by Crippen LogP contribution is -2.00. The molecule has 2 aromatic rings. The minimum absolute atomic E-state index is 0.0238. The molecule has 0 amide bonds. The first-order valence-electron chi connectivity index (χ1n) is 5.07. The van der Waals surface area contributed by atoms with E-state index in [0.29, 0.717) is 10.9 Å². The van der Waals surface area contributed by atoms with Crippen LogP contribution in [0.25, 0.3) is 11.0 Å². The first-order chi connectivity index (χ1) is 7.70. The zero-order chi connectivity index (χ0) is 12.1. The average Bonchev–Trinajstić information content (AvgIpc) is 2.30. The van der Waals surface area contributed by atoms with Crippen LogP contribution in [0.15, 0.2) is 33.5 Å². The molecule has 4 heteroatoms. The molecular formula is C12H14O4. The van der Waals surface area contributed by atoms with Crippen LogP contribution >= 0.6 is 0 Å². The Hall–Kier alpha value is -1.81. The number of aromatic hydroxyl groups is 1. The summed E-state index contributed by atoms with van der Waals surface area (Å²) in [5, 5.41) is 18.8. The zero-order valence-corrected chi connectivity index (χ0v) is 9.23. The van der Waals surface area contributed by atoms with E-state index in [1.807, 2.05) is 13.8 Å². The molecule has 0 unspecified atom stereocenters. The SMILES string of the molecule is CC.O=c1cc(CO)c2ccc(O)cc2o1. The van der Waals surface area contributed by atoms with Crippen LogP contribution in [0, 0.1) is 0 Å². The molecule has 86 valence electrons. The molecule has 0 spiro atoms. The van der Waals surface area contributed by atoms with Crippen molar-refractivity contribution in [2.45, 2.75) is 20.5 Å². The van der Waals surface area contributed by atoms with Gasteiger partial charge in [0.15, 0.2) is 0 Å². The van der Waals surface area contributed by atoms with Gasteiger partial charge in [0.05, 0.1) is 6.61 Å². The highest BCUT2D eigenvalue weighted by Crippen LogP contribution is 2.21. The summed E-state index contributed by atoms with van der Waals surface area (Å²) in [5.74, 6) is 0.0238. The number of phenolic OH excluding ortho intramolecular Hbond substituents is 1. The summed E-state index contributed by atoms with van der Waals surface area (Å²) in [5.41, 5.74) is 0.241. The lowest BCUT2D eigenvalue weighted by molar-refractivity contribution is 0.282. The van der Waals surface area contributed by atoms with Gasteiger partial charge in [0, 0.05) is 17.5 Å². The lowest BCUT2D eigenvalue weighted by atomic mass is 10.1. The Labute approximate surface area is 92.8 Å². The van der Waals surface area contributed by atoms with Crippen molar-refractivity contribution in [1.29, 1.82) is 0 Å². The van der Waals surface area contributed by atoms with Crippen LogP contribution in [0.4, 0.5) is 0 Å². The normalized spacial score (nSPS) is 9.69. The summed E-state index contributed by atoms with van der Waals surface area (Å²) in [6.45, 7) is 3.77. The van der Waals surface area contributed by atoms with E-state index >= 15 is 0 Å². The van der Waals surface area contributed by atoms with Crippen LogP contribution in [0.3, 0.4) is 0 Å². The fourth-order valence-corrected chi connectivity index (χ4v) is 1.35. The maximum absolute atomic E-state index is 11.0. The van der Waals surface area contributed by atoms with Crippen molar-refractivity contribution in [2.24, 2.45) is 0 Å². The van der Waals surface area contributed by atoms with Crippen LogP contribution in [0.1, 0.15) is 19.4 Å². The summed E-state index contributed by atoms with van der Waals surface area (Å²) in [6.07, 6.45) is 0. The highest BCUT2D eigenvalue weighted by Gasteiger charge is 2.04. The first kappa shape index (κ1) is 12.3. The zero-order valence-electron chi connectivity index (χ0n) is 9.23. The first-order valence-corrected chi connectivity index (χ1v) is 5.07. The molecule has 0 atom stereocenters. The number of fused-ring (bicyclic) bond motifs is 1. The molecule has 1 heterocycles. The topological polar surface area (TPSA) is 70.7 Å². The maximum Gasteiger partial charge on any atom is 0.336 e. The van der Waals surface area contributed by atoms with Crippen LogP contribution < -0.4 is 5.63 Å². The van der Waals surface area contributed by atoms with Gasteiger partial charge in [-0.1, -0.05) is 13.8 Å². The van der Waals surface area contributed by atoms with Gasteiger partial charge in [0.2, 0.25) is 0 Å². The fourth-order valence-electron chi connectivity index (χ4n) is 1.35. The van der Waals surface area contributed by atoms with Crippen molar-refractivity contribution in [3.05, 3.63) is 40.2 Å². The second-order valence-electron chi connectivity index (χ2n) is 2.93. The number of hydrogen-bond donors (Lipinski definition) is 2. The monoisotopic (exact) mass is 222 g/mol. The average molecular weight is 222 g/mol. The maximum atomic E-state index is 11.0. The predicted molar refractivity (Wildman–Crippen MR) is 61.4 cm³/mol. The summed E-state index contributed by atoms with van der Waals surface area (Å²) in [7, 11) is 0. The molecule has 16 heavy (non-hydrogen) atoms. The highest BCUT2D eigenvalue weighted by molar-refractivity contribution is 5.81. The smallest absolute Gasteiger partial charge is 0.336 e. The van der Waals surface area contributed by atoms with Crippen LogP contribution in [0.2, 0.25) is 0 Å². The quantitative estimate of drug-likeness (QED) is 0.724. The lowest BCUT2D eigenvalue weighted by Gasteiger charge is -2.01. The third-order valence-corrected chi connectivity index (χ3v) is 1.98. The van der Waals surface area contributed by atoms with Gasteiger partial charge >= 0.3 is 5.63 Å². The molecule has 1 aromatic heterocycles. The molecule has 0 saturated heterocycles. The number of phenols is 1. The number of aliphatic hydroxyl groups is 1.